The first-order valence-corrected chi connectivity index (χ1v) is 10.1. The maximum Gasteiger partial charge on any atom is 0.191 e. The van der Waals surface area contributed by atoms with Crippen LogP contribution in [-0.2, 0) is 19.7 Å². The lowest BCUT2D eigenvalue weighted by Gasteiger charge is -2.15. The van der Waals surface area contributed by atoms with Crippen LogP contribution >= 0.6 is 24.0 Å². The first kappa shape index (κ1) is 24.5. The van der Waals surface area contributed by atoms with Crippen LogP contribution in [0.5, 0.6) is 11.5 Å². The molecule has 0 fully saturated rings. The normalized spacial score (nSPS) is 10.7. The summed E-state index contributed by atoms with van der Waals surface area (Å²) in [6.07, 6.45) is 1.77. The topological polar surface area (TPSA) is 67.8 Å². The van der Waals surface area contributed by atoms with E-state index in [1.54, 1.807) is 13.2 Å². The van der Waals surface area contributed by atoms with E-state index in [0.717, 1.165) is 34.3 Å². The number of nitrogens with zero attached hydrogens (tertiary/aromatic N) is 2. The van der Waals surface area contributed by atoms with Gasteiger partial charge >= 0.3 is 0 Å². The summed E-state index contributed by atoms with van der Waals surface area (Å²) in [5, 5.41) is 6.67. The van der Waals surface area contributed by atoms with Gasteiger partial charge in [0.2, 0.25) is 0 Å². The summed E-state index contributed by atoms with van der Waals surface area (Å²) >= 11 is 0. The lowest BCUT2D eigenvalue weighted by molar-refractivity contribution is 0.301. The van der Waals surface area contributed by atoms with Crippen LogP contribution in [-0.4, -0.2) is 24.6 Å². The number of ether oxygens (including phenoxy) is 2. The second kappa shape index (κ2) is 13.5. The van der Waals surface area contributed by atoms with E-state index in [-0.39, 0.29) is 24.0 Å². The summed E-state index contributed by atoms with van der Waals surface area (Å²) in [5.74, 6) is 2.43. The van der Waals surface area contributed by atoms with Crippen LogP contribution in [0.3, 0.4) is 0 Å². The number of para-hydroxylation sites is 1. The number of hydrogen-bond acceptors (Lipinski definition) is 4. The van der Waals surface area contributed by atoms with Crippen molar-refractivity contribution in [2.75, 3.05) is 13.7 Å². The molecule has 164 valence electrons. The Labute approximate surface area is 201 Å². The lowest BCUT2D eigenvalue weighted by Crippen LogP contribution is -2.36. The molecule has 6 nitrogen and oxygen atoms in total. The third-order valence-electron chi connectivity index (χ3n) is 4.41. The van der Waals surface area contributed by atoms with E-state index in [0.29, 0.717) is 26.3 Å². The Hall–Kier alpha value is -2.81. The first-order chi connectivity index (χ1) is 14.8. The van der Waals surface area contributed by atoms with Gasteiger partial charge in [-0.1, -0.05) is 36.4 Å². The van der Waals surface area contributed by atoms with E-state index in [4.69, 9.17) is 9.47 Å². The zero-order valence-corrected chi connectivity index (χ0v) is 20.2. The van der Waals surface area contributed by atoms with Gasteiger partial charge in [-0.05, 0) is 42.8 Å². The summed E-state index contributed by atoms with van der Waals surface area (Å²) in [7, 11) is 1.76. The number of guanidine groups is 1. The van der Waals surface area contributed by atoms with Crippen molar-refractivity contribution in [3.63, 3.8) is 0 Å². The third kappa shape index (κ3) is 8.09. The number of pyridine rings is 1. The van der Waals surface area contributed by atoms with Gasteiger partial charge in [0, 0.05) is 31.9 Å². The number of aromatic nitrogens is 1. The minimum atomic E-state index is 0. The van der Waals surface area contributed by atoms with Crippen molar-refractivity contribution in [2.45, 2.75) is 26.6 Å². The lowest BCUT2D eigenvalue weighted by atomic mass is 10.2. The molecule has 0 bridgehead atoms. The van der Waals surface area contributed by atoms with Crippen LogP contribution in [0, 0.1) is 0 Å². The summed E-state index contributed by atoms with van der Waals surface area (Å²) in [6, 6.07) is 21.8. The number of halogens is 1. The molecule has 2 N–H and O–H groups in total. The number of nitrogens with one attached hydrogen (secondary N) is 2. The maximum absolute atomic E-state index is 5.86. The molecular weight excluding hydrogens is 503 g/mol. The minimum absolute atomic E-state index is 0. The number of hydrogen-bond donors (Lipinski definition) is 2. The Bertz CT molecular complexity index is 951. The molecule has 3 rings (SSSR count). The molecule has 0 aliphatic rings. The van der Waals surface area contributed by atoms with Crippen molar-refractivity contribution >= 4 is 29.9 Å². The van der Waals surface area contributed by atoms with Gasteiger partial charge in [-0.2, -0.15) is 0 Å². The molecule has 0 spiro atoms. The Morgan fingerprint density at radius 3 is 2.52 bits per heavy atom. The van der Waals surface area contributed by atoms with Gasteiger partial charge in [0.25, 0.3) is 0 Å². The summed E-state index contributed by atoms with van der Waals surface area (Å²) in [5.41, 5.74) is 3.09. The highest BCUT2D eigenvalue weighted by molar-refractivity contribution is 14.0. The molecule has 31 heavy (non-hydrogen) atoms. The quantitative estimate of drug-likeness (QED) is 0.241. The smallest absolute Gasteiger partial charge is 0.191 e. The van der Waals surface area contributed by atoms with Gasteiger partial charge in [-0.3, -0.25) is 9.98 Å². The van der Waals surface area contributed by atoms with E-state index in [1.165, 1.54) is 0 Å². The predicted octanol–water partition coefficient (Wildman–Crippen LogP) is 4.54. The fourth-order valence-electron chi connectivity index (χ4n) is 2.92. The fraction of sp³-hybridized carbons (Fsp3) is 0.250. The highest BCUT2D eigenvalue weighted by Gasteiger charge is 2.05. The van der Waals surface area contributed by atoms with Crippen LogP contribution in [0.25, 0.3) is 0 Å². The third-order valence-corrected chi connectivity index (χ3v) is 4.41. The van der Waals surface area contributed by atoms with Crippen LogP contribution < -0.4 is 20.1 Å². The van der Waals surface area contributed by atoms with Gasteiger partial charge in [0.05, 0.1) is 12.3 Å². The molecule has 2 aromatic carbocycles. The largest absolute Gasteiger partial charge is 0.494 e. The van der Waals surface area contributed by atoms with Gasteiger partial charge in [0.1, 0.15) is 18.1 Å². The van der Waals surface area contributed by atoms with Crippen molar-refractivity contribution in [1.29, 1.82) is 0 Å². The van der Waals surface area contributed by atoms with Crippen LogP contribution in [0.1, 0.15) is 23.7 Å². The molecule has 7 heteroatoms. The molecular formula is C24H29IN4O2. The minimum Gasteiger partial charge on any atom is -0.494 e. The van der Waals surface area contributed by atoms with E-state index < -0.39 is 0 Å². The van der Waals surface area contributed by atoms with E-state index >= 15 is 0 Å². The van der Waals surface area contributed by atoms with Crippen LogP contribution in [0.4, 0.5) is 0 Å². The first-order valence-electron chi connectivity index (χ1n) is 10.1. The molecule has 0 saturated carbocycles. The summed E-state index contributed by atoms with van der Waals surface area (Å²) < 4.78 is 11.5. The van der Waals surface area contributed by atoms with E-state index in [2.05, 4.69) is 26.7 Å². The summed E-state index contributed by atoms with van der Waals surface area (Å²) in [6.45, 7) is 4.33. The molecule has 1 aromatic heterocycles. The molecule has 0 unspecified atom stereocenters. The molecule has 0 amide bonds. The molecule has 1 heterocycles. The molecule has 0 aliphatic heterocycles. The predicted molar refractivity (Wildman–Crippen MR) is 135 cm³/mol. The van der Waals surface area contributed by atoms with Crippen LogP contribution in [0.2, 0.25) is 0 Å². The number of rotatable bonds is 9. The zero-order chi connectivity index (χ0) is 21.0. The standard InChI is InChI=1S/C24H28N4O2.HI/c1-3-29-23-13-5-4-10-20(23)17-28-24(25-2)27-16-19-9-8-12-22(15-19)30-18-21-11-6-7-14-26-21;/h4-15H,3,16-18H2,1-2H3,(H2,25,27,28);1H. The Morgan fingerprint density at radius 1 is 0.935 bits per heavy atom. The second-order valence-corrected chi connectivity index (χ2v) is 6.58. The van der Waals surface area contributed by atoms with Gasteiger partial charge in [-0.25, -0.2) is 0 Å². The SMILES string of the molecule is CCOc1ccccc1CNC(=NC)NCc1cccc(OCc2ccccn2)c1.I. The van der Waals surface area contributed by atoms with E-state index in [1.807, 2.05) is 67.6 Å². The highest BCUT2D eigenvalue weighted by atomic mass is 127. The summed E-state index contributed by atoms with van der Waals surface area (Å²) in [4.78, 5) is 8.59. The number of benzene rings is 2. The molecule has 0 saturated heterocycles. The molecule has 0 aliphatic carbocycles. The van der Waals surface area contributed by atoms with E-state index in [9.17, 15) is 0 Å². The second-order valence-electron chi connectivity index (χ2n) is 6.58. The van der Waals surface area contributed by atoms with Crippen molar-refractivity contribution in [3.8, 4) is 11.5 Å². The van der Waals surface area contributed by atoms with Crippen LogP contribution in [0.15, 0.2) is 77.9 Å². The van der Waals surface area contributed by atoms with Gasteiger partial charge < -0.3 is 20.1 Å². The maximum atomic E-state index is 5.86. The van der Waals surface area contributed by atoms with Gasteiger partial charge in [0.15, 0.2) is 5.96 Å². The zero-order valence-electron chi connectivity index (χ0n) is 17.9. The number of aliphatic imine (C=N–C) groups is 1. The fourth-order valence-corrected chi connectivity index (χ4v) is 2.92. The average Bonchev–Trinajstić information content (AvgIpc) is 2.80. The Kier molecular flexibility index (Phi) is 10.6. The van der Waals surface area contributed by atoms with Crippen molar-refractivity contribution < 1.29 is 9.47 Å². The molecule has 3 aromatic rings. The Morgan fingerprint density at radius 2 is 1.74 bits per heavy atom. The Balaban J connectivity index is 0.00000341. The highest BCUT2D eigenvalue weighted by Crippen LogP contribution is 2.17. The van der Waals surface area contributed by atoms with Gasteiger partial charge in [-0.15, -0.1) is 24.0 Å². The monoisotopic (exact) mass is 532 g/mol. The van der Waals surface area contributed by atoms with Crippen molar-refractivity contribution in [2.24, 2.45) is 4.99 Å². The molecule has 0 radical (unpaired) electrons. The average molecular weight is 532 g/mol. The molecule has 0 atom stereocenters. The van der Waals surface area contributed by atoms with Crippen molar-refractivity contribution in [3.05, 3.63) is 89.7 Å². The van der Waals surface area contributed by atoms with Crippen molar-refractivity contribution in [1.82, 2.24) is 15.6 Å².